The highest BCUT2D eigenvalue weighted by Crippen LogP contribution is 2.28. The van der Waals surface area contributed by atoms with Gasteiger partial charge in [-0.3, -0.25) is 9.52 Å². The highest BCUT2D eigenvalue weighted by Gasteiger charge is 2.19. The van der Waals surface area contributed by atoms with Crippen LogP contribution in [0.5, 0.6) is 0 Å². The standard InChI is InChI=1S/C18H15F2N3O4S2/c1-10-18(21-11(2)24)16(27-22-10)7-4-13-5-8-17(28-13)29(25,26)23-15-6-3-12(19)9-14(15)20/h3-9,23H,1-2H3,(H,21,24)/b7-4+. The highest BCUT2D eigenvalue weighted by atomic mass is 32.2. The molecule has 11 heteroatoms. The fraction of sp³-hybridized carbons (Fsp3) is 0.111. The number of sulfonamides is 1. The van der Waals surface area contributed by atoms with E-state index in [4.69, 9.17) is 4.52 Å². The second-order valence-corrected chi connectivity index (χ2v) is 8.93. The first-order valence-electron chi connectivity index (χ1n) is 8.15. The Morgan fingerprint density at radius 1 is 1.21 bits per heavy atom. The Morgan fingerprint density at radius 2 is 1.97 bits per heavy atom. The quantitative estimate of drug-likeness (QED) is 0.598. The van der Waals surface area contributed by atoms with Crippen LogP contribution in [0, 0.1) is 18.6 Å². The van der Waals surface area contributed by atoms with Crippen molar-refractivity contribution in [3.63, 3.8) is 0 Å². The summed E-state index contributed by atoms with van der Waals surface area (Å²) in [6, 6.07) is 5.46. The summed E-state index contributed by atoms with van der Waals surface area (Å²) in [5, 5.41) is 6.39. The van der Waals surface area contributed by atoms with Crippen molar-refractivity contribution < 1.29 is 26.5 Å². The van der Waals surface area contributed by atoms with Crippen LogP contribution >= 0.6 is 11.3 Å². The van der Waals surface area contributed by atoms with Crippen LogP contribution in [0.15, 0.2) is 39.1 Å². The van der Waals surface area contributed by atoms with E-state index in [9.17, 15) is 22.0 Å². The van der Waals surface area contributed by atoms with Crippen LogP contribution in [0.25, 0.3) is 12.2 Å². The number of nitrogens with zero attached hydrogens (tertiary/aromatic N) is 1. The molecule has 7 nitrogen and oxygen atoms in total. The summed E-state index contributed by atoms with van der Waals surface area (Å²) < 4.78 is 58.8. The maximum Gasteiger partial charge on any atom is 0.271 e. The second kappa shape index (κ2) is 8.13. The fourth-order valence-electron chi connectivity index (χ4n) is 2.32. The van der Waals surface area contributed by atoms with Crippen molar-refractivity contribution in [1.29, 1.82) is 0 Å². The van der Waals surface area contributed by atoms with Crippen LogP contribution in [-0.4, -0.2) is 19.5 Å². The lowest BCUT2D eigenvalue weighted by Gasteiger charge is -2.07. The molecule has 0 saturated carbocycles. The number of benzene rings is 1. The Kier molecular flexibility index (Phi) is 5.80. The van der Waals surface area contributed by atoms with Crippen LogP contribution in [0.1, 0.15) is 23.3 Å². The van der Waals surface area contributed by atoms with E-state index in [-0.39, 0.29) is 15.8 Å². The molecule has 0 unspecified atom stereocenters. The number of amides is 1. The van der Waals surface area contributed by atoms with Crippen molar-refractivity contribution in [3.05, 3.63) is 58.3 Å². The average Bonchev–Trinajstić information content (AvgIpc) is 3.24. The Labute approximate surface area is 169 Å². The number of hydrogen-bond donors (Lipinski definition) is 2. The number of halogens is 2. The molecule has 0 radical (unpaired) electrons. The number of hydrogen-bond acceptors (Lipinski definition) is 6. The number of carbonyl (C=O) groups excluding carboxylic acids is 1. The number of aryl methyl sites for hydroxylation is 1. The van der Waals surface area contributed by atoms with Gasteiger partial charge < -0.3 is 9.84 Å². The zero-order valence-electron chi connectivity index (χ0n) is 15.2. The van der Waals surface area contributed by atoms with E-state index < -0.39 is 21.7 Å². The van der Waals surface area contributed by atoms with E-state index in [0.29, 0.717) is 28.1 Å². The first-order chi connectivity index (χ1) is 13.7. The van der Waals surface area contributed by atoms with Gasteiger partial charge in [-0.1, -0.05) is 5.16 Å². The van der Waals surface area contributed by atoms with Gasteiger partial charge in [0.2, 0.25) is 5.91 Å². The fourth-order valence-corrected chi connectivity index (χ4v) is 4.62. The molecule has 2 heterocycles. The predicted molar refractivity (Wildman–Crippen MR) is 106 cm³/mol. The van der Waals surface area contributed by atoms with Gasteiger partial charge in [-0.25, -0.2) is 17.2 Å². The SMILES string of the molecule is CC(=O)Nc1c(C)noc1/C=C/c1ccc(S(=O)(=O)Nc2ccc(F)cc2F)s1. The zero-order chi connectivity index (χ0) is 21.2. The first-order valence-corrected chi connectivity index (χ1v) is 10.5. The summed E-state index contributed by atoms with van der Waals surface area (Å²) in [4.78, 5) is 11.8. The third-order valence-corrected chi connectivity index (χ3v) is 6.54. The first kappa shape index (κ1) is 20.7. The number of carbonyl (C=O) groups is 1. The van der Waals surface area contributed by atoms with E-state index in [1.165, 1.54) is 13.0 Å². The maximum absolute atomic E-state index is 13.7. The van der Waals surface area contributed by atoms with Crippen LogP contribution in [0.2, 0.25) is 0 Å². The lowest BCUT2D eigenvalue weighted by atomic mass is 10.2. The Bertz CT molecular complexity index is 1200. The lowest BCUT2D eigenvalue weighted by molar-refractivity contribution is -0.114. The lowest BCUT2D eigenvalue weighted by Crippen LogP contribution is -2.12. The number of anilines is 2. The number of rotatable bonds is 6. The van der Waals surface area contributed by atoms with E-state index in [1.54, 1.807) is 25.1 Å². The maximum atomic E-state index is 13.7. The minimum Gasteiger partial charge on any atom is -0.354 e. The van der Waals surface area contributed by atoms with Gasteiger partial charge in [0.15, 0.2) is 5.76 Å². The summed E-state index contributed by atoms with van der Waals surface area (Å²) in [6.45, 7) is 3.02. The number of aromatic nitrogens is 1. The van der Waals surface area contributed by atoms with Gasteiger partial charge in [-0.2, -0.15) is 0 Å². The molecule has 3 rings (SSSR count). The summed E-state index contributed by atoms with van der Waals surface area (Å²) >= 11 is 0.931. The third kappa shape index (κ3) is 4.87. The Morgan fingerprint density at radius 3 is 2.66 bits per heavy atom. The molecular formula is C18H15F2N3O4S2. The number of nitrogens with one attached hydrogen (secondary N) is 2. The van der Waals surface area contributed by atoms with Crippen LogP contribution in [-0.2, 0) is 14.8 Å². The molecule has 0 fully saturated rings. The zero-order valence-corrected chi connectivity index (χ0v) is 16.8. The van der Waals surface area contributed by atoms with Gasteiger partial charge in [0.1, 0.15) is 27.2 Å². The van der Waals surface area contributed by atoms with Crippen LogP contribution < -0.4 is 10.0 Å². The molecular weight excluding hydrogens is 424 g/mol. The molecule has 1 aromatic carbocycles. The molecule has 1 amide bonds. The van der Waals surface area contributed by atoms with Crippen LogP contribution in [0.3, 0.4) is 0 Å². The van der Waals surface area contributed by atoms with Crippen molar-refractivity contribution in [2.24, 2.45) is 0 Å². The van der Waals surface area contributed by atoms with Gasteiger partial charge >= 0.3 is 0 Å². The van der Waals surface area contributed by atoms with Gasteiger partial charge in [0.25, 0.3) is 10.0 Å². The van der Waals surface area contributed by atoms with Crippen LogP contribution in [0.4, 0.5) is 20.2 Å². The molecule has 0 aliphatic heterocycles. The van der Waals surface area contributed by atoms with E-state index in [0.717, 1.165) is 23.5 Å². The molecule has 0 saturated heterocycles. The van der Waals surface area contributed by atoms with Crippen molar-refractivity contribution in [1.82, 2.24) is 5.16 Å². The minimum absolute atomic E-state index is 0.0586. The highest BCUT2D eigenvalue weighted by molar-refractivity contribution is 7.94. The summed E-state index contributed by atoms with van der Waals surface area (Å²) in [6.07, 6.45) is 3.13. The molecule has 0 spiro atoms. The van der Waals surface area contributed by atoms with Crippen molar-refractivity contribution >= 4 is 50.8 Å². The molecule has 2 aromatic heterocycles. The van der Waals surface area contributed by atoms with Crippen molar-refractivity contribution in [2.75, 3.05) is 10.0 Å². The monoisotopic (exact) mass is 439 g/mol. The second-order valence-electron chi connectivity index (χ2n) is 5.91. The minimum atomic E-state index is -4.05. The normalized spacial score (nSPS) is 11.7. The molecule has 0 aliphatic carbocycles. The molecule has 0 bridgehead atoms. The topological polar surface area (TPSA) is 101 Å². The summed E-state index contributed by atoms with van der Waals surface area (Å²) in [5.74, 6) is -1.80. The summed E-state index contributed by atoms with van der Waals surface area (Å²) in [7, 11) is -4.05. The van der Waals surface area contributed by atoms with E-state index >= 15 is 0 Å². The molecule has 3 aromatic rings. The smallest absolute Gasteiger partial charge is 0.271 e. The van der Waals surface area contributed by atoms with Crippen molar-refractivity contribution in [3.8, 4) is 0 Å². The Balaban J connectivity index is 1.80. The molecule has 0 atom stereocenters. The average molecular weight is 439 g/mol. The predicted octanol–water partition coefficient (Wildman–Crippen LogP) is 4.25. The van der Waals surface area contributed by atoms with E-state index in [2.05, 4.69) is 15.2 Å². The number of thiophene rings is 1. The largest absolute Gasteiger partial charge is 0.354 e. The molecule has 2 N–H and O–H groups in total. The van der Waals surface area contributed by atoms with E-state index in [1.807, 2.05) is 0 Å². The van der Waals surface area contributed by atoms with Gasteiger partial charge in [0.05, 0.1) is 5.69 Å². The van der Waals surface area contributed by atoms with Gasteiger partial charge in [-0.05, 0) is 43.3 Å². The molecule has 29 heavy (non-hydrogen) atoms. The summed E-state index contributed by atoms with van der Waals surface area (Å²) in [5.41, 5.74) is 0.570. The molecule has 0 aliphatic rings. The third-order valence-electron chi connectivity index (χ3n) is 3.63. The Hall–Kier alpha value is -3.05. The van der Waals surface area contributed by atoms with Gasteiger partial charge in [-0.15, -0.1) is 11.3 Å². The van der Waals surface area contributed by atoms with Gasteiger partial charge in [0, 0.05) is 17.9 Å². The molecule has 152 valence electrons. The van der Waals surface area contributed by atoms with Crippen molar-refractivity contribution in [2.45, 2.75) is 18.1 Å².